The predicted octanol–water partition coefficient (Wildman–Crippen LogP) is 12.1. The summed E-state index contributed by atoms with van der Waals surface area (Å²) in [6, 6.07) is -0.801. The lowest BCUT2D eigenvalue weighted by Gasteiger charge is -2.18. The molecule has 278 valence electrons. The second-order valence-corrected chi connectivity index (χ2v) is 14.5. The summed E-state index contributed by atoms with van der Waals surface area (Å²) in [6.45, 7) is 5.28. The Balaban J connectivity index is 4.35. The molecule has 0 saturated carbocycles. The van der Waals surface area contributed by atoms with Crippen LogP contribution in [0.5, 0.6) is 0 Å². The number of amides is 1. The largest absolute Gasteiger partial charge is 0.466 e. The molecule has 0 rings (SSSR count). The quantitative estimate of drug-likeness (QED) is 0.0391. The van der Waals surface area contributed by atoms with Gasteiger partial charge in [-0.15, -0.1) is 0 Å². The third kappa shape index (κ3) is 34.5. The number of hydrogen-bond acceptors (Lipinski definition) is 5. The molecule has 0 aliphatic carbocycles. The van der Waals surface area contributed by atoms with Gasteiger partial charge in [0.25, 0.3) is 0 Å². The van der Waals surface area contributed by atoms with E-state index in [1.165, 1.54) is 128 Å². The van der Waals surface area contributed by atoms with Crippen LogP contribution in [0.3, 0.4) is 0 Å². The number of carbonyl (C=O) groups excluding carboxylic acids is 3. The molecular weight excluding hydrogens is 654 g/mol. The van der Waals surface area contributed by atoms with Crippen molar-refractivity contribution in [3.8, 4) is 0 Å². The van der Waals surface area contributed by atoms with Crippen LogP contribution in [-0.4, -0.2) is 42.4 Å². The summed E-state index contributed by atoms with van der Waals surface area (Å²) in [7, 11) is 0. The van der Waals surface area contributed by atoms with Gasteiger partial charge in [0.1, 0.15) is 6.04 Å². The molecule has 7 heteroatoms. The summed E-state index contributed by atoms with van der Waals surface area (Å²) in [6.07, 6.45) is 34.4. The van der Waals surface area contributed by atoms with Crippen LogP contribution >= 0.6 is 15.9 Å². The normalized spacial score (nSPS) is 11.8. The first-order valence-electron chi connectivity index (χ1n) is 20.2. The van der Waals surface area contributed by atoms with Gasteiger partial charge in [-0.05, 0) is 32.1 Å². The average Bonchev–Trinajstić information content (AvgIpc) is 3.07. The van der Waals surface area contributed by atoms with E-state index in [4.69, 9.17) is 9.47 Å². The van der Waals surface area contributed by atoms with E-state index >= 15 is 0 Å². The minimum atomic E-state index is -0.801. The van der Waals surface area contributed by atoms with E-state index in [-0.39, 0.29) is 24.7 Å². The van der Waals surface area contributed by atoms with Crippen LogP contribution in [-0.2, 0) is 23.9 Å². The molecule has 0 spiro atoms. The highest BCUT2D eigenvalue weighted by molar-refractivity contribution is 9.09. The molecule has 0 aromatic rings. The Morgan fingerprint density at radius 2 is 0.872 bits per heavy atom. The van der Waals surface area contributed by atoms with E-state index in [1.54, 1.807) is 0 Å². The van der Waals surface area contributed by atoms with Crippen LogP contribution < -0.4 is 5.32 Å². The van der Waals surface area contributed by atoms with E-state index in [0.29, 0.717) is 19.6 Å². The number of hydrogen-bond donors (Lipinski definition) is 1. The standard InChI is InChI=1S/C40H76BrNO5/c1-3-5-7-9-11-13-17-21-25-29-35-46-39(44)33-32-37(42-38(43)31-27-23-19-15-16-20-24-28-34-41)40(45)47-36-30-26-22-18-14-12-10-8-6-4-2/h37H,3-36H2,1-2H3,(H,42,43)/t37-/m1/s1. The summed E-state index contributed by atoms with van der Waals surface area (Å²) in [5.74, 6) is -0.874. The number of ether oxygens (including phenoxy) is 2. The lowest BCUT2D eigenvalue weighted by Crippen LogP contribution is -2.42. The Hall–Kier alpha value is -1.11. The fourth-order valence-electron chi connectivity index (χ4n) is 5.93. The molecule has 1 amide bonds. The van der Waals surface area contributed by atoms with Crippen LogP contribution in [0.1, 0.15) is 213 Å². The molecule has 0 unspecified atom stereocenters. The van der Waals surface area contributed by atoms with Crippen molar-refractivity contribution in [1.29, 1.82) is 0 Å². The molecule has 0 fully saturated rings. The molecular formula is C40H76BrNO5. The third-order valence-corrected chi connectivity index (χ3v) is 9.61. The highest BCUT2D eigenvalue weighted by atomic mass is 79.9. The Labute approximate surface area is 299 Å². The van der Waals surface area contributed by atoms with Crippen molar-refractivity contribution in [2.45, 2.75) is 219 Å². The molecule has 0 aromatic heterocycles. The first-order chi connectivity index (χ1) is 23.0. The Morgan fingerprint density at radius 3 is 1.32 bits per heavy atom. The minimum absolute atomic E-state index is 0.102. The van der Waals surface area contributed by atoms with Crippen LogP contribution in [0.4, 0.5) is 0 Å². The number of unbranched alkanes of at least 4 members (excludes halogenated alkanes) is 25. The first kappa shape index (κ1) is 45.9. The van der Waals surface area contributed by atoms with Crippen LogP contribution in [0.15, 0.2) is 0 Å². The second-order valence-electron chi connectivity index (χ2n) is 13.7. The molecule has 0 bridgehead atoms. The van der Waals surface area contributed by atoms with Gasteiger partial charge in [0, 0.05) is 18.2 Å². The van der Waals surface area contributed by atoms with Gasteiger partial charge in [0.2, 0.25) is 5.91 Å². The zero-order chi connectivity index (χ0) is 34.5. The van der Waals surface area contributed by atoms with Gasteiger partial charge in [0.05, 0.1) is 13.2 Å². The van der Waals surface area contributed by atoms with E-state index in [9.17, 15) is 14.4 Å². The molecule has 47 heavy (non-hydrogen) atoms. The molecule has 0 saturated heterocycles. The van der Waals surface area contributed by atoms with Gasteiger partial charge in [0.15, 0.2) is 0 Å². The average molecular weight is 731 g/mol. The maximum Gasteiger partial charge on any atom is 0.328 e. The highest BCUT2D eigenvalue weighted by Crippen LogP contribution is 2.14. The third-order valence-electron chi connectivity index (χ3n) is 9.05. The van der Waals surface area contributed by atoms with Gasteiger partial charge in [-0.25, -0.2) is 4.79 Å². The van der Waals surface area contributed by atoms with Crippen LogP contribution in [0.25, 0.3) is 0 Å². The van der Waals surface area contributed by atoms with Gasteiger partial charge in [-0.3, -0.25) is 9.59 Å². The SMILES string of the molecule is CCCCCCCCCCCCOC(=O)CC[C@@H](NC(=O)CCCCCCCCCCBr)C(=O)OCCCCCCCCCCCC. The predicted molar refractivity (Wildman–Crippen MR) is 202 cm³/mol. The summed E-state index contributed by atoms with van der Waals surface area (Å²) in [5, 5.41) is 3.95. The van der Waals surface area contributed by atoms with Gasteiger partial charge in [-0.1, -0.05) is 184 Å². The second kappa shape index (κ2) is 37.7. The summed E-state index contributed by atoms with van der Waals surface area (Å²) in [4.78, 5) is 38.1. The van der Waals surface area contributed by atoms with Crippen molar-refractivity contribution in [3.05, 3.63) is 0 Å². The maximum absolute atomic E-state index is 12.9. The number of alkyl halides is 1. The van der Waals surface area contributed by atoms with Crippen molar-refractivity contribution < 1.29 is 23.9 Å². The van der Waals surface area contributed by atoms with E-state index < -0.39 is 12.0 Å². The Kier molecular flexibility index (Phi) is 36.8. The zero-order valence-electron chi connectivity index (χ0n) is 31.0. The molecule has 1 atom stereocenters. The smallest absolute Gasteiger partial charge is 0.328 e. The van der Waals surface area contributed by atoms with Gasteiger partial charge in [-0.2, -0.15) is 0 Å². The van der Waals surface area contributed by atoms with E-state index in [2.05, 4.69) is 35.1 Å². The monoisotopic (exact) mass is 729 g/mol. The molecule has 0 aliphatic heterocycles. The van der Waals surface area contributed by atoms with Crippen molar-refractivity contribution in [2.75, 3.05) is 18.5 Å². The number of nitrogens with one attached hydrogen (secondary N) is 1. The van der Waals surface area contributed by atoms with Gasteiger partial charge < -0.3 is 14.8 Å². The van der Waals surface area contributed by atoms with Gasteiger partial charge >= 0.3 is 11.9 Å². The molecule has 0 radical (unpaired) electrons. The number of halogens is 1. The Bertz CT molecular complexity index is 704. The lowest BCUT2D eigenvalue weighted by atomic mass is 10.1. The van der Waals surface area contributed by atoms with Crippen molar-refractivity contribution >= 4 is 33.8 Å². The lowest BCUT2D eigenvalue weighted by molar-refractivity contribution is -0.149. The molecule has 0 aliphatic rings. The summed E-state index contributed by atoms with van der Waals surface area (Å²) >= 11 is 3.48. The fraction of sp³-hybridized carbons (Fsp3) is 0.925. The topological polar surface area (TPSA) is 81.7 Å². The highest BCUT2D eigenvalue weighted by Gasteiger charge is 2.23. The van der Waals surface area contributed by atoms with Crippen molar-refractivity contribution in [2.24, 2.45) is 0 Å². The number of carbonyl (C=O) groups is 3. The van der Waals surface area contributed by atoms with Crippen LogP contribution in [0.2, 0.25) is 0 Å². The van der Waals surface area contributed by atoms with Crippen LogP contribution in [0, 0.1) is 0 Å². The molecule has 6 nitrogen and oxygen atoms in total. The molecule has 1 N–H and O–H groups in total. The minimum Gasteiger partial charge on any atom is -0.466 e. The maximum atomic E-state index is 12.9. The fourth-order valence-corrected chi connectivity index (χ4v) is 6.33. The number of esters is 2. The van der Waals surface area contributed by atoms with Crippen molar-refractivity contribution in [3.63, 3.8) is 0 Å². The Morgan fingerprint density at radius 1 is 0.489 bits per heavy atom. The number of rotatable bonds is 37. The zero-order valence-corrected chi connectivity index (χ0v) is 32.6. The van der Waals surface area contributed by atoms with E-state index in [0.717, 1.165) is 56.7 Å². The van der Waals surface area contributed by atoms with Crippen molar-refractivity contribution in [1.82, 2.24) is 5.32 Å². The molecule has 0 heterocycles. The first-order valence-corrected chi connectivity index (χ1v) is 21.3. The molecule has 0 aromatic carbocycles. The summed E-state index contributed by atoms with van der Waals surface area (Å²) in [5.41, 5.74) is 0. The summed E-state index contributed by atoms with van der Waals surface area (Å²) < 4.78 is 11.0. The van der Waals surface area contributed by atoms with E-state index in [1.807, 2.05) is 0 Å².